The largest absolute Gasteiger partial charge is 0.493 e. The fraction of sp³-hybridized carbons (Fsp3) is 0.381. The van der Waals surface area contributed by atoms with Crippen molar-refractivity contribution in [1.29, 1.82) is 0 Å². The van der Waals surface area contributed by atoms with Gasteiger partial charge in [0, 0.05) is 31.7 Å². The molecule has 0 unspecified atom stereocenters. The maximum absolute atomic E-state index is 12.8. The summed E-state index contributed by atoms with van der Waals surface area (Å²) >= 11 is 0. The Bertz CT molecular complexity index is 778. The van der Waals surface area contributed by atoms with E-state index >= 15 is 0 Å². The molecule has 1 aliphatic rings. The third kappa shape index (κ3) is 5.19. The predicted molar refractivity (Wildman–Crippen MR) is 102 cm³/mol. The number of hydrogen-bond donors (Lipinski definition) is 0. The molecular formula is C21H24F2N2O3. The van der Waals surface area contributed by atoms with Crippen LogP contribution in [0, 0.1) is 0 Å². The second-order valence-corrected chi connectivity index (χ2v) is 6.62. The molecule has 0 saturated carbocycles. The van der Waals surface area contributed by atoms with Crippen LogP contribution in [0.1, 0.15) is 15.9 Å². The molecular weight excluding hydrogens is 366 g/mol. The van der Waals surface area contributed by atoms with Gasteiger partial charge in [0.1, 0.15) is 6.61 Å². The summed E-state index contributed by atoms with van der Waals surface area (Å²) in [5, 5.41) is 0. The van der Waals surface area contributed by atoms with Gasteiger partial charge >= 0.3 is 0 Å². The van der Waals surface area contributed by atoms with Gasteiger partial charge in [0.2, 0.25) is 0 Å². The quantitative estimate of drug-likeness (QED) is 0.728. The predicted octanol–water partition coefficient (Wildman–Crippen LogP) is 3.30. The summed E-state index contributed by atoms with van der Waals surface area (Å²) in [5.41, 5.74) is 1.53. The molecule has 28 heavy (non-hydrogen) atoms. The lowest BCUT2D eigenvalue weighted by Gasteiger charge is -2.34. The summed E-state index contributed by atoms with van der Waals surface area (Å²) in [4.78, 5) is 16.1. The highest BCUT2D eigenvalue weighted by molar-refractivity contribution is 5.95. The first-order chi connectivity index (χ1) is 13.6. The molecule has 0 N–H and O–H groups in total. The van der Waals surface area contributed by atoms with E-state index in [1.54, 1.807) is 28.0 Å². The van der Waals surface area contributed by atoms with Crippen molar-refractivity contribution >= 4 is 5.91 Å². The molecule has 7 heteroatoms. The number of carbonyl (C=O) groups excluding carboxylic acids is 1. The molecule has 5 nitrogen and oxygen atoms in total. The van der Waals surface area contributed by atoms with Gasteiger partial charge in [0.05, 0.1) is 13.7 Å². The molecule has 150 valence electrons. The number of carbonyl (C=O) groups is 1. The molecule has 2 aromatic carbocycles. The summed E-state index contributed by atoms with van der Waals surface area (Å²) in [6.45, 7) is 1.91. The number of methoxy groups -OCH3 is 1. The summed E-state index contributed by atoms with van der Waals surface area (Å²) < 4.78 is 36.2. The first-order valence-electron chi connectivity index (χ1n) is 9.21. The lowest BCUT2D eigenvalue weighted by atomic mass is 10.1. The SMILES string of the molecule is COc1cc(C(=O)N2CCN(CC(F)F)CC2)ccc1OCc1ccccc1. The lowest BCUT2D eigenvalue weighted by Crippen LogP contribution is -2.49. The number of amides is 1. The van der Waals surface area contributed by atoms with E-state index in [4.69, 9.17) is 9.47 Å². The van der Waals surface area contributed by atoms with Crippen molar-refractivity contribution in [3.8, 4) is 11.5 Å². The second kappa shape index (κ2) is 9.50. The first-order valence-corrected chi connectivity index (χ1v) is 9.21. The molecule has 0 aromatic heterocycles. The van der Waals surface area contributed by atoms with E-state index in [9.17, 15) is 13.6 Å². The van der Waals surface area contributed by atoms with Gasteiger partial charge in [0.25, 0.3) is 12.3 Å². The highest BCUT2D eigenvalue weighted by Crippen LogP contribution is 2.29. The summed E-state index contributed by atoms with van der Waals surface area (Å²) in [5.74, 6) is 0.910. The van der Waals surface area contributed by atoms with E-state index in [0.29, 0.717) is 49.8 Å². The summed E-state index contributed by atoms with van der Waals surface area (Å²) in [6.07, 6.45) is -2.35. The van der Waals surface area contributed by atoms with Crippen LogP contribution in [0.15, 0.2) is 48.5 Å². The molecule has 0 atom stereocenters. The fourth-order valence-electron chi connectivity index (χ4n) is 3.17. The molecule has 0 spiro atoms. The van der Waals surface area contributed by atoms with E-state index in [2.05, 4.69) is 0 Å². The van der Waals surface area contributed by atoms with E-state index < -0.39 is 6.43 Å². The van der Waals surface area contributed by atoms with Crippen molar-refractivity contribution in [3.05, 3.63) is 59.7 Å². The Labute approximate surface area is 163 Å². The number of nitrogens with zero attached hydrogens (tertiary/aromatic N) is 2. The van der Waals surface area contributed by atoms with Gasteiger partial charge in [-0.2, -0.15) is 0 Å². The van der Waals surface area contributed by atoms with E-state index in [0.717, 1.165) is 5.56 Å². The summed E-state index contributed by atoms with van der Waals surface area (Å²) in [6, 6.07) is 14.9. The first kappa shape index (κ1) is 20.1. The lowest BCUT2D eigenvalue weighted by molar-refractivity contribution is 0.0458. The maximum Gasteiger partial charge on any atom is 0.254 e. The minimum absolute atomic E-state index is 0.135. The van der Waals surface area contributed by atoms with Gasteiger partial charge in [-0.3, -0.25) is 9.69 Å². The smallest absolute Gasteiger partial charge is 0.254 e. The zero-order valence-corrected chi connectivity index (χ0v) is 15.8. The Morgan fingerprint density at radius 2 is 1.75 bits per heavy atom. The van der Waals surface area contributed by atoms with E-state index in [1.807, 2.05) is 30.3 Å². The summed E-state index contributed by atoms with van der Waals surface area (Å²) in [7, 11) is 1.53. The van der Waals surface area contributed by atoms with Crippen molar-refractivity contribution in [2.45, 2.75) is 13.0 Å². The molecule has 1 amide bonds. The Kier molecular flexibility index (Phi) is 6.81. The maximum atomic E-state index is 12.8. The van der Waals surface area contributed by atoms with Gasteiger partial charge in [-0.15, -0.1) is 0 Å². The fourth-order valence-corrected chi connectivity index (χ4v) is 3.17. The van der Waals surface area contributed by atoms with Crippen molar-refractivity contribution in [2.24, 2.45) is 0 Å². The Morgan fingerprint density at radius 1 is 1.04 bits per heavy atom. The van der Waals surface area contributed by atoms with Crippen LogP contribution >= 0.6 is 0 Å². The van der Waals surface area contributed by atoms with Gasteiger partial charge < -0.3 is 14.4 Å². The van der Waals surface area contributed by atoms with Gasteiger partial charge in [-0.25, -0.2) is 8.78 Å². The monoisotopic (exact) mass is 390 g/mol. The van der Waals surface area contributed by atoms with Crippen LogP contribution in [0.2, 0.25) is 0 Å². The van der Waals surface area contributed by atoms with Crippen molar-refractivity contribution in [3.63, 3.8) is 0 Å². The molecule has 2 aromatic rings. The number of piperazine rings is 1. The minimum atomic E-state index is -2.35. The van der Waals surface area contributed by atoms with Crippen LogP contribution in [0.5, 0.6) is 11.5 Å². The van der Waals surface area contributed by atoms with Crippen LogP contribution in [0.4, 0.5) is 8.78 Å². The standard InChI is InChI=1S/C21H24F2N2O3/c1-27-19-13-17(7-8-18(19)28-15-16-5-3-2-4-6-16)21(26)25-11-9-24(10-12-25)14-20(22)23/h2-8,13,20H,9-12,14-15H2,1H3. The molecule has 1 heterocycles. The number of benzene rings is 2. The van der Waals surface area contributed by atoms with E-state index in [-0.39, 0.29) is 12.5 Å². The van der Waals surface area contributed by atoms with Crippen LogP contribution in [-0.4, -0.2) is 62.0 Å². The number of alkyl halides is 2. The van der Waals surface area contributed by atoms with Crippen LogP contribution in [0.3, 0.4) is 0 Å². The van der Waals surface area contributed by atoms with Crippen LogP contribution in [-0.2, 0) is 6.61 Å². The normalized spacial score (nSPS) is 14.9. The topological polar surface area (TPSA) is 42.0 Å². The molecule has 0 bridgehead atoms. The Hall–Kier alpha value is -2.67. The highest BCUT2D eigenvalue weighted by atomic mass is 19.3. The number of halogens is 2. The van der Waals surface area contributed by atoms with Crippen molar-refractivity contribution in [1.82, 2.24) is 9.80 Å². The number of rotatable bonds is 7. The Balaban J connectivity index is 1.62. The van der Waals surface area contributed by atoms with Crippen molar-refractivity contribution in [2.75, 3.05) is 39.8 Å². The van der Waals surface area contributed by atoms with E-state index in [1.165, 1.54) is 7.11 Å². The molecule has 1 saturated heterocycles. The minimum Gasteiger partial charge on any atom is -0.493 e. The molecule has 1 aliphatic heterocycles. The molecule has 0 radical (unpaired) electrons. The zero-order valence-electron chi connectivity index (χ0n) is 15.8. The second-order valence-electron chi connectivity index (χ2n) is 6.62. The van der Waals surface area contributed by atoms with Crippen LogP contribution < -0.4 is 9.47 Å². The molecule has 0 aliphatic carbocycles. The number of ether oxygens (including phenoxy) is 2. The number of hydrogen-bond acceptors (Lipinski definition) is 4. The zero-order chi connectivity index (χ0) is 19.9. The Morgan fingerprint density at radius 3 is 2.39 bits per heavy atom. The molecule has 3 rings (SSSR count). The molecule has 1 fully saturated rings. The van der Waals surface area contributed by atoms with Gasteiger partial charge in [0.15, 0.2) is 11.5 Å². The third-order valence-corrected chi connectivity index (χ3v) is 4.70. The highest BCUT2D eigenvalue weighted by Gasteiger charge is 2.24. The third-order valence-electron chi connectivity index (χ3n) is 4.70. The van der Waals surface area contributed by atoms with Crippen LogP contribution in [0.25, 0.3) is 0 Å². The van der Waals surface area contributed by atoms with Gasteiger partial charge in [-0.1, -0.05) is 30.3 Å². The average Bonchev–Trinajstić information content (AvgIpc) is 2.72. The average molecular weight is 390 g/mol. The van der Waals surface area contributed by atoms with Crippen molar-refractivity contribution < 1.29 is 23.0 Å². The van der Waals surface area contributed by atoms with Gasteiger partial charge in [-0.05, 0) is 23.8 Å².